The molecule has 0 fully saturated rings. The molecule has 1 unspecified atom stereocenters. The Labute approximate surface area is 86.9 Å². The fourth-order valence-electron chi connectivity index (χ4n) is 0.988. The lowest BCUT2D eigenvalue weighted by atomic mass is 9.85. The topological polar surface area (TPSA) is 30.0 Å². The van der Waals surface area contributed by atoms with E-state index in [0.29, 0.717) is 11.6 Å². The molecule has 0 spiro atoms. The second-order valence-corrected chi connectivity index (χ2v) is 4.67. The van der Waals surface area contributed by atoms with Gasteiger partial charge in [0.25, 0.3) is 0 Å². The summed E-state index contributed by atoms with van der Waals surface area (Å²) in [6.45, 7) is 3.94. The maximum atomic E-state index is 10.8. The molecule has 0 aliphatic rings. The quantitative estimate of drug-likeness (QED) is 0.726. The summed E-state index contributed by atoms with van der Waals surface area (Å²) in [6.07, 6.45) is 2.52. The van der Waals surface area contributed by atoms with Gasteiger partial charge >= 0.3 is 0 Å². The van der Waals surface area contributed by atoms with Crippen molar-refractivity contribution < 1.29 is 4.79 Å². The third-order valence-electron chi connectivity index (χ3n) is 2.25. The molecular weight excluding hydrogens is 206 g/mol. The Hall–Kier alpha value is -0.410. The number of aldehydes is 1. The summed E-state index contributed by atoms with van der Waals surface area (Å²) in [7, 11) is 0. The standard InChI is InChI=1S/C9H12ClNOS/c1-3-9(2,5-12)4-7-8(10)11-6-13-7/h5-6H,3-4H2,1-2H3. The van der Waals surface area contributed by atoms with Gasteiger partial charge in [-0.1, -0.05) is 25.4 Å². The Morgan fingerprint density at radius 2 is 2.46 bits per heavy atom. The second kappa shape index (κ2) is 4.20. The number of halogens is 1. The summed E-state index contributed by atoms with van der Waals surface area (Å²) in [5.74, 6) is 0. The molecule has 72 valence electrons. The van der Waals surface area contributed by atoms with Crippen LogP contribution in [0.25, 0.3) is 0 Å². The van der Waals surface area contributed by atoms with E-state index in [1.54, 1.807) is 5.51 Å². The number of carbonyl (C=O) groups is 1. The van der Waals surface area contributed by atoms with Gasteiger partial charge in [0.15, 0.2) is 0 Å². The third-order valence-corrected chi connectivity index (χ3v) is 3.52. The fraction of sp³-hybridized carbons (Fsp3) is 0.556. The van der Waals surface area contributed by atoms with Crippen molar-refractivity contribution in [1.82, 2.24) is 4.98 Å². The van der Waals surface area contributed by atoms with Crippen LogP contribution in [0.3, 0.4) is 0 Å². The summed E-state index contributed by atoms with van der Waals surface area (Å²) in [5.41, 5.74) is 1.41. The van der Waals surface area contributed by atoms with E-state index < -0.39 is 0 Å². The van der Waals surface area contributed by atoms with E-state index >= 15 is 0 Å². The van der Waals surface area contributed by atoms with Crippen molar-refractivity contribution in [2.24, 2.45) is 5.41 Å². The summed E-state index contributed by atoms with van der Waals surface area (Å²) in [6, 6.07) is 0. The highest BCUT2D eigenvalue weighted by Gasteiger charge is 2.23. The minimum Gasteiger partial charge on any atom is -0.303 e. The van der Waals surface area contributed by atoms with Crippen molar-refractivity contribution in [2.75, 3.05) is 0 Å². The molecule has 0 amide bonds. The maximum Gasteiger partial charge on any atom is 0.143 e. The molecule has 0 N–H and O–H groups in total. The van der Waals surface area contributed by atoms with Gasteiger partial charge in [0.1, 0.15) is 11.4 Å². The van der Waals surface area contributed by atoms with Crippen molar-refractivity contribution in [3.05, 3.63) is 15.5 Å². The van der Waals surface area contributed by atoms with Gasteiger partial charge in [-0.15, -0.1) is 11.3 Å². The normalized spacial score (nSPS) is 15.3. The largest absolute Gasteiger partial charge is 0.303 e. The van der Waals surface area contributed by atoms with Crippen LogP contribution in [-0.4, -0.2) is 11.3 Å². The van der Waals surface area contributed by atoms with Crippen LogP contribution in [0.2, 0.25) is 5.15 Å². The van der Waals surface area contributed by atoms with E-state index in [2.05, 4.69) is 4.98 Å². The fourth-order valence-corrected chi connectivity index (χ4v) is 2.14. The second-order valence-electron chi connectivity index (χ2n) is 3.37. The van der Waals surface area contributed by atoms with E-state index in [4.69, 9.17) is 11.6 Å². The Kier molecular flexibility index (Phi) is 3.45. The Bertz CT molecular complexity index is 300. The van der Waals surface area contributed by atoms with Crippen molar-refractivity contribution in [3.63, 3.8) is 0 Å². The molecule has 1 atom stereocenters. The zero-order chi connectivity index (χ0) is 9.90. The van der Waals surface area contributed by atoms with Gasteiger partial charge in [0.05, 0.1) is 5.51 Å². The van der Waals surface area contributed by atoms with E-state index in [1.165, 1.54) is 11.3 Å². The van der Waals surface area contributed by atoms with Crippen molar-refractivity contribution >= 4 is 29.2 Å². The Morgan fingerprint density at radius 3 is 2.85 bits per heavy atom. The molecule has 1 aromatic rings. The predicted molar refractivity (Wildman–Crippen MR) is 55.3 cm³/mol. The van der Waals surface area contributed by atoms with E-state index in [9.17, 15) is 4.79 Å². The van der Waals surface area contributed by atoms with Crippen LogP contribution >= 0.6 is 22.9 Å². The SMILES string of the molecule is CCC(C)(C=O)Cc1scnc1Cl. The van der Waals surface area contributed by atoms with E-state index in [0.717, 1.165) is 17.6 Å². The highest BCUT2D eigenvalue weighted by Crippen LogP contribution is 2.29. The van der Waals surface area contributed by atoms with Gasteiger partial charge in [-0.05, 0) is 12.8 Å². The average Bonchev–Trinajstić information content (AvgIpc) is 2.52. The first-order valence-electron chi connectivity index (χ1n) is 4.15. The highest BCUT2D eigenvalue weighted by molar-refractivity contribution is 7.10. The van der Waals surface area contributed by atoms with Crippen LogP contribution in [-0.2, 0) is 11.2 Å². The lowest BCUT2D eigenvalue weighted by Crippen LogP contribution is -2.19. The first-order valence-corrected chi connectivity index (χ1v) is 5.41. The van der Waals surface area contributed by atoms with Crippen molar-refractivity contribution in [2.45, 2.75) is 26.7 Å². The Balaban J connectivity index is 2.78. The molecule has 0 aliphatic carbocycles. The van der Waals surface area contributed by atoms with E-state index in [-0.39, 0.29) is 5.41 Å². The van der Waals surface area contributed by atoms with Crippen LogP contribution in [0.15, 0.2) is 5.51 Å². The molecule has 0 aliphatic heterocycles. The minimum absolute atomic E-state index is 0.295. The molecule has 13 heavy (non-hydrogen) atoms. The molecule has 0 saturated heterocycles. The van der Waals surface area contributed by atoms with Gasteiger partial charge < -0.3 is 4.79 Å². The number of carbonyl (C=O) groups excluding carboxylic acids is 1. The van der Waals surface area contributed by atoms with Crippen LogP contribution in [0, 0.1) is 5.41 Å². The summed E-state index contributed by atoms with van der Waals surface area (Å²) >= 11 is 7.35. The molecule has 0 radical (unpaired) electrons. The molecule has 0 saturated carbocycles. The van der Waals surface area contributed by atoms with Crippen LogP contribution < -0.4 is 0 Å². The van der Waals surface area contributed by atoms with Gasteiger partial charge in [0.2, 0.25) is 0 Å². The maximum absolute atomic E-state index is 10.8. The van der Waals surface area contributed by atoms with Crippen LogP contribution in [0.5, 0.6) is 0 Å². The molecule has 0 aromatic carbocycles. The number of nitrogens with zero attached hydrogens (tertiary/aromatic N) is 1. The summed E-state index contributed by atoms with van der Waals surface area (Å²) in [4.78, 5) is 15.8. The highest BCUT2D eigenvalue weighted by atomic mass is 35.5. The molecule has 0 bridgehead atoms. The number of hydrogen-bond donors (Lipinski definition) is 0. The smallest absolute Gasteiger partial charge is 0.143 e. The number of aromatic nitrogens is 1. The van der Waals surface area contributed by atoms with Crippen molar-refractivity contribution in [1.29, 1.82) is 0 Å². The van der Waals surface area contributed by atoms with Crippen molar-refractivity contribution in [3.8, 4) is 0 Å². The average molecular weight is 218 g/mol. The zero-order valence-electron chi connectivity index (χ0n) is 7.71. The lowest BCUT2D eigenvalue weighted by Gasteiger charge is -2.19. The van der Waals surface area contributed by atoms with Gasteiger partial charge in [-0.2, -0.15) is 0 Å². The monoisotopic (exact) mass is 217 g/mol. The predicted octanol–water partition coefficient (Wildman–Crippen LogP) is 2.95. The number of rotatable bonds is 4. The first-order chi connectivity index (χ1) is 6.11. The molecule has 4 heteroatoms. The van der Waals surface area contributed by atoms with Gasteiger partial charge in [-0.3, -0.25) is 0 Å². The molecule has 1 heterocycles. The lowest BCUT2D eigenvalue weighted by molar-refractivity contribution is -0.115. The summed E-state index contributed by atoms with van der Waals surface area (Å²) < 4.78 is 0. The van der Waals surface area contributed by atoms with Crippen LogP contribution in [0.4, 0.5) is 0 Å². The summed E-state index contributed by atoms with van der Waals surface area (Å²) in [5, 5.41) is 0.534. The molecule has 1 rings (SSSR count). The van der Waals surface area contributed by atoms with E-state index in [1.807, 2.05) is 13.8 Å². The third kappa shape index (κ3) is 2.51. The number of thiazole rings is 1. The number of hydrogen-bond acceptors (Lipinski definition) is 3. The molecular formula is C9H12ClNOS. The molecule has 1 aromatic heterocycles. The minimum atomic E-state index is -0.295. The first kappa shape index (κ1) is 10.7. The van der Waals surface area contributed by atoms with Gasteiger partial charge in [-0.25, -0.2) is 4.98 Å². The van der Waals surface area contributed by atoms with Crippen LogP contribution in [0.1, 0.15) is 25.1 Å². The zero-order valence-corrected chi connectivity index (χ0v) is 9.28. The van der Waals surface area contributed by atoms with Gasteiger partial charge in [0, 0.05) is 10.3 Å². The molecule has 2 nitrogen and oxygen atoms in total. The Morgan fingerprint density at radius 1 is 1.77 bits per heavy atom.